The topological polar surface area (TPSA) is 73.2 Å². The molecule has 0 fully saturated rings. The molecule has 0 atom stereocenters. The van der Waals surface area contributed by atoms with Crippen LogP contribution in [0.1, 0.15) is 11.4 Å². The highest BCUT2D eigenvalue weighted by atomic mass is 32.2. The molecule has 136 valence electrons. The van der Waals surface area contributed by atoms with E-state index in [1.165, 1.54) is 18.7 Å². The quantitative estimate of drug-likeness (QED) is 0.660. The molecule has 1 aromatic heterocycles. The Bertz CT molecular complexity index is 953. The minimum absolute atomic E-state index is 0.134. The summed E-state index contributed by atoms with van der Waals surface area (Å²) < 4.78 is 34.8. The van der Waals surface area contributed by atoms with Crippen LogP contribution < -0.4 is 9.46 Å². The van der Waals surface area contributed by atoms with Gasteiger partial charge in [0.15, 0.2) is 0 Å². The molecule has 2 aromatic carbocycles. The molecule has 6 nitrogen and oxygen atoms in total. The first-order chi connectivity index (χ1) is 12.6. The van der Waals surface area contributed by atoms with Crippen molar-refractivity contribution in [1.82, 2.24) is 14.3 Å². The zero-order valence-electron chi connectivity index (χ0n) is 14.5. The summed E-state index contributed by atoms with van der Waals surface area (Å²) in [5.74, 6) is 1.15. The van der Waals surface area contributed by atoms with Crippen molar-refractivity contribution in [3.63, 3.8) is 0 Å². The van der Waals surface area contributed by atoms with Gasteiger partial charge in [-0.15, -0.1) is 0 Å². The second-order valence-corrected chi connectivity index (χ2v) is 7.49. The number of nitrogens with zero attached hydrogens (tertiary/aromatic N) is 2. The van der Waals surface area contributed by atoms with Crippen molar-refractivity contribution in [2.24, 2.45) is 0 Å². The number of methoxy groups -OCH3 is 1. The smallest absolute Gasteiger partial charge is 0.244 e. The Morgan fingerprint density at radius 1 is 1.08 bits per heavy atom. The number of ether oxygens (including phenoxy) is 1. The van der Waals surface area contributed by atoms with E-state index in [0.29, 0.717) is 18.7 Å². The number of benzene rings is 2. The van der Waals surface area contributed by atoms with Crippen molar-refractivity contribution in [2.45, 2.75) is 17.9 Å². The predicted octanol–water partition coefficient (Wildman–Crippen LogP) is 2.46. The number of hydrogen-bond acceptors (Lipinski definition) is 4. The molecule has 1 N–H and O–H groups in total. The average molecular weight is 371 g/mol. The Morgan fingerprint density at radius 2 is 1.81 bits per heavy atom. The summed E-state index contributed by atoms with van der Waals surface area (Å²) >= 11 is 0. The maximum atomic E-state index is 12.5. The summed E-state index contributed by atoms with van der Waals surface area (Å²) in [5.41, 5.74) is 1.17. The van der Waals surface area contributed by atoms with Crippen molar-refractivity contribution in [3.8, 4) is 5.75 Å². The molecule has 0 spiro atoms. The van der Waals surface area contributed by atoms with Gasteiger partial charge in [0.2, 0.25) is 10.0 Å². The Hall–Kier alpha value is -2.64. The van der Waals surface area contributed by atoms with Crippen molar-refractivity contribution >= 4 is 10.0 Å². The first-order valence-corrected chi connectivity index (χ1v) is 9.75. The van der Waals surface area contributed by atoms with Gasteiger partial charge in [0.05, 0.1) is 7.11 Å². The fourth-order valence-electron chi connectivity index (χ4n) is 2.71. The Kier molecular flexibility index (Phi) is 5.70. The first kappa shape index (κ1) is 18.2. The molecule has 0 aliphatic rings. The van der Waals surface area contributed by atoms with Gasteiger partial charge >= 0.3 is 0 Å². The molecule has 0 aliphatic carbocycles. The van der Waals surface area contributed by atoms with Crippen molar-refractivity contribution in [1.29, 1.82) is 0 Å². The number of aromatic nitrogens is 2. The normalized spacial score (nSPS) is 11.4. The van der Waals surface area contributed by atoms with Gasteiger partial charge in [0, 0.05) is 31.9 Å². The standard InChI is InChI=1S/C19H21N3O3S/c1-25-17-9-5-6-10-18(17)26(23,24)21-12-11-19-20-13-14-22(19)15-16-7-3-2-4-8-16/h2-10,13-14,21H,11-12,15H2,1H3. The summed E-state index contributed by atoms with van der Waals surface area (Å²) in [4.78, 5) is 4.48. The van der Waals surface area contributed by atoms with Crippen molar-refractivity contribution in [2.75, 3.05) is 13.7 Å². The zero-order chi connectivity index (χ0) is 18.4. The molecule has 0 saturated heterocycles. The maximum absolute atomic E-state index is 12.5. The summed E-state index contributed by atoms with van der Waals surface area (Å²) in [6.07, 6.45) is 4.12. The number of imidazole rings is 1. The van der Waals surface area contributed by atoms with E-state index in [4.69, 9.17) is 4.74 Å². The van der Waals surface area contributed by atoms with Gasteiger partial charge in [-0.05, 0) is 17.7 Å². The van der Waals surface area contributed by atoms with E-state index in [0.717, 1.165) is 5.82 Å². The van der Waals surface area contributed by atoms with E-state index in [9.17, 15) is 8.42 Å². The van der Waals surface area contributed by atoms with Gasteiger partial charge < -0.3 is 9.30 Å². The molecule has 3 aromatic rings. The molecule has 0 unspecified atom stereocenters. The van der Waals surface area contributed by atoms with E-state index in [-0.39, 0.29) is 11.4 Å². The zero-order valence-corrected chi connectivity index (χ0v) is 15.3. The van der Waals surface area contributed by atoms with E-state index in [1.54, 1.807) is 24.4 Å². The predicted molar refractivity (Wildman–Crippen MR) is 99.7 cm³/mol. The number of sulfonamides is 1. The average Bonchev–Trinajstić information content (AvgIpc) is 3.09. The lowest BCUT2D eigenvalue weighted by Gasteiger charge is -2.11. The van der Waals surface area contributed by atoms with Crippen LogP contribution in [0.2, 0.25) is 0 Å². The molecule has 1 heterocycles. The minimum atomic E-state index is -3.64. The van der Waals surface area contributed by atoms with E-state index < -0.39 is 10.0 Å². The lowest BCUT2D eigenvalue weighted by molar-refractivity contribution is 0.402. The van der Waals surface area contributed by atoms with Gasteiger partial charge in [-0.25, -0.2) is 18.1 Å². The molecule has 0 saturated carbocycles. The highest BCUT2D eigenvalue weighted by Gasteiger charge is 2.18. The van der Waals surface area contributed by atoms with Crippen LogP contribution in [0.25, 0.3) is 0 Å². The Balaban J connectivity index is 1.64. The van der Waals surface area contributed by atoms with Gasteiger partial charge in [-0.1, -0.05) is 42.5 Å². The van der Waals surface area contributed by atoms with Crippen LogP contribution in [0.3, 0.4) is 0 Å². The fourth-order valence-corrected chi connectivity index (χ4v) is 3.91. The Morgan fingerprint density at radius 3 is 2.58 bits per heavy atom. The number of para-hydroxylation sites is 1. The van der Waals surface area contributed by atoms with E-state index in [1.807, 2.05) is 41.1 Å². The first-order valence-electron chi connectivity index (χ1n) is 8.27. The summed E-state index contributed by atoms with van der Waals surface area (Å²) in [6.45, 7) is 0.960. The molecular formula is C19H21N3O3S. The van der Waals surface area contributed by atoms with Crippen LogP contribution >= 0.6 is 0 Å². The monoisotopic (exact) mass is 371 g/mol. The summed E-state index contributed by atoms with van der Waals surface area (Å²) in [5, 5.41) is 0. The highest BCUT2D eigenvalue weighted by Crippen LogP contribution is 2.22. The lowest BCUT2D eigenvalue weighted by Crippen LogP contribution is -2.27. The maximum Gasteiger partial charge on any atom is 0.244 e. The van der Waals surface area contributed by atoms with Crippen LogP contribution in [0, 0.1) is 0 Å². The number of rotatable bonds is 8. The summed E-state index contributed by atoms with van der Waals surface area (Å²) in [6, 6.07) is 16.6. The molecule has 26 heavy (non-hydrogen) atoms. The van der Waals surface area contributed by atoms with Crippen LogP contribution in [-0.2, 0) is 23.0 Å². The van der Waals surface area contributed by atoms with E-state index in [2.05, 4.69) is 9.71 Å². The molecule has 0 amide bonds. The highest BCUT2D eigenvalue weighted by molar-refractivity contribution is 7.89. The molecule has 0 radical (unpaired) electrons. The number of hydrogen-bond donors (Lipinski definition) is 1. The van der Waals surface area contributed by atoms with Crippen molar-refractivity contribution < 1.29 is 13.2 Å². The molecule has 0 aliphatic heterocycles. The second-order valence-electron chi connectivity index (χ2n) is 5.76. The van der Waals surface area contributed by atoms with E-state index >= 15 is 0 Å². The third kappa shape index (κ3) is 4.30. The van der Waals surface area contributed by atoms with Crippen LogP contribution in [-0.4, -0.2) is 31.6 Å². The lowest BCUT2D eigenvalue weighted by atomic mass is 10.2. The fraction of sp³-hybridized carbons (Fsp3) is 0.211. The number of nitrogens with one attached hydrogen (secondary N) is 1. The minimum Gasteiger partial charge on any atom is -0.495 e. The molecular weight excluding hydrogens is 350 g/mol. The SMILES string of the molecule is COc1ccccc1S(=O)(=O)NCCc1nccn1Cc1ccccc1. The summed E-state index contributed by atoms with van der Waals surface area (Å²) in [7, 11) is -2.19. The largest absolute Gasteiger partial charge is 0.495 e. The van der Waals surface area contributed by atoms with Gasteiger partial charge in [-0.2, -0.15) is 0 Å². The van der Waals surface area contributed by atoms with Gasteiger partial charge in [-0.3, -0.25) is 0 Å². The van der Waals surface area contributed by atoms with Crippen LogP contribution in [0.5, 0.6) is 5.75 Å². The van der Waals surface area contributed by atoms with Crippen LogP contribution in [0.4, 0.5) is 0 Å². The van der Waals surface area contributed by atoms with Crippen LogP contribution in [0.15, 0.2) is 71.9 Å². The van der Waals surface area contributed by atoms with Gasteiger partial charge in [0.1, 0.15) is 16.5 Å². The Labute approximate surface area is 153 Å². The third-order valence-electron chi connectivity index (χ3n) is 4.00. The third-order valence-corrected chi connectivity index (χ3v) is 5.50. The van der Waals surface area contributed by atoms with Crippen molar-refractivity contribution in [3.05, 3.63) is 78.4 Å². The molecule has 3 rings (SSSR count). The van der Waals surface area contributed by atoms with Gasteiger partial charge in [0.25, 0.3) is 0 Å². The molecule has 0 bridgehead atoms. The second kappa shape index (κ2) is 8.16. The molecule has 7 heteroatoms.